The maximum absolute atomic E-state index is 14.1. The SMILES string of the molecule is COc1cccc(-c2noc(-c3cccc(F)c3F)c2CO)c1OC. The van der Waals surface area contributed by atoms with E-state index in [-0.39, 0.29) is 22.6 Å². The lowest BCUT2D eigenvalue weighted by molar-refractivity contribution is 0.281. The van der Waals surface area contributed by atoms with Gasteiger partial charge in [0.05, 0.1) is 37.5 Å². The molecule has 2 aromatic carbocycles. The highest BCUT2D eigenvalue weighted by molar-refractivity contribution is 5.78. The summed E-state index contributed by atoms with van der Waals surface area (Å²) < 4.78 is 43.4. The second-order valence-electron chi connectivity index (χ2n) is 5.14. The van der Waals surface area contributed by atoms with Crippen molar-refractivity contribution in [2.24, 2.45) is 0 Å². The van der Waals surface area contributed by atoms with Crippen LogP contribution in [0.4, 0.5) is 8.78 Å². The largest absolute Gasteiger partial charge is 0.493 e. The lowest BCUT2D eigenvalue weighted by atomic mass is 10.0. The van der Waals surface area contributed by atoms with Crippen LogP contribution in [-0.2, 0) is 6.61 Å². The third-order valence-electron chi connectivity index (χ3n) is 3.80. The van der Waals surface area contributed by atoms with Crippen LogP contribution in [0, 0.1) is 11.6 Å². The predicted octanol–water partition coefficient (Wildman–Crippen LogP) is 3.80. The summed E-state index contributed by atoms with van der Waals surface area (Å²) in [5.74, 6) is -1.28. The highest BCUT2D eigenvalue weighted by Gasteiger charge is 2.24. The number of methoxy groups -OCH3 is 2. The van der Waals surface area contributed by atoms with E-state index < -0.39 is 18.2 Å². The lowest BCUT2D eigenvalue weighted by Crippen LogP contribution is -1.96. The van der Waals surface area contributed by atoms with Crippen LogP contribution in [0.3, 0.4) is 0 Å². The Labute approximate surface area is 142 Å². The van der Waals surface area contributed by atoms with Crippen LogP contribution >= 0.6 is 0 Å². The first kappa shape index (κ1) is 16.9. The zero-order valence-electron chi connectivity index (χ0n) is 13.5. The molecule has 0 aliphatic rings. The monoisotopic (exact) mass is 347 g/mol. The number of halogens is 2. The van der Waals surface area contributed by atoms with Crippen LogP contribution in [0.15, 0.2) is 40.9 Å². The second kappa shape index (κ2) is 6.90. The van der Waals surface area contributed by atoms with Crippen LogP contribution in [-0.4, -0.2) is 24.5 Å². The van der Waals surface area contributed by atoms with Crippen molar-refractivity contribution in [1.29, 1.82) is 0 Å². The van der Waals surface area contributed by atoms with Crippen LogP contribution in [0.5, 0.6) is 11.5 Å². The van der Waals surface area contributed by atoms with Gasteiger partial charge in [-0.1, -0.05) is 17.3 Å². The number of aromatic nitrogens is 1. The van der Waals surface area contributed by atoms with Crippen molar-refractivity contribution >= 4 is 0 Å². The highest BCUT2D eigenvalue weighted by atomic mass is 19.2. The first-order valence-corrected chi connectivity index (χ1v) is 7.37. The number of nitrogens with zero attached hydrogens (tertiary/aromatic N) is 1. The first-order chi connectivity index (χ1) is 12.1. The Morgan fingerprint density at radius 2 is 1.76 bits per heavy atom. The van der Waals surface area contributed by atoms with Gasteiger partial charge in [-0.15, -0.1) is 0 Å². The summed E-state index contributed by atoms with van der Waals surface area (Å²) in [4.78, 5) is 0. The van der Waals surface area contributed by atoms with Crippen molar-refractivity contribution in [1.82, 2.24) is 5.16 Å². The zero-order valence-corrected chi connectivity index (χ0v) is 13.5. The van der Waals surface area contributed by atoms with E-state index in [1.807, 2.05) is 0 Å². The molecule has 0 saturated heterocycles. The van der Waals surface area contributed by atoms with Crippen LogP contribution < -0.4 is 9.47 Å². The molecule has 5 nitrogen and oxygen atoms in total. The predicted molar refractivity (Wildman–Crippen MR) is 86.3 cm³/mol. The molecule has 0 amide bonds. The van der Waals surface area contributed by atoms with Gasteiger partial charge in [-0.05, 0) is 24.3 Å². The molecule has 0 spiro atoms. The maximum Gasteiger partial charge on any atom is 0.176 e. The fourth-order valence-corrected chi connectivity index (χ4v) is 2.63. The number of benzene rings is 2. The fraction of sp³-hybridized carbons (Fsp3) is 0.167. The highest BCUT2D eigenvalue weighted by Crippen LogP contribution is 2.41. The molecule has 0 atom stereocenters. The van der Waals surface area contributed by atoms with E-state index in [1.165, 1.54) is 26.4 Å². The summed E-state index contributed by atoms with van der Waals surface area (Å²) in [6.07, 6.45) is 0. The topological polar surface area (TPSA) is 64.7 Å². The zero-order chi connectivity index (χ0) is 18.0. The van der Waals surface area contributed by atoms with E-state index in [2.05, 4.69) is 5.16 Å². The van der Waals surface area contributed by atoms with Gasteiger partial charge >= 0.3 is 0 Å². The Kier molecular flexibility index (Phi) is 4.67. The molecule has 3 rings (SSSR count). The van der Waals surface area contributed by atoms with Gasteiger partial charge in [0, 0.05) is 0 Å². The molecule has 0 aliphatic carbocycles. The van der Waals surface area contributed by atoms with Crippen LogP contribution in [0.1, 0.15) is 5.56 Å². The van der Waals surface area contributed by atoms with Gasteiger partial charge in [-0.2, -0.15) is 0 Å². The normalized spacial score (nSPS) is 10.8. The van der Waals surface area contributed by atoms with Crippen molar-refractivity contribution < 1.29 is 27.9 Å². The number of hydrogen-bond donors (Lipinski definition) is 1. The molecule has 0 unspecified atom stereocenters. The van der Waals surface area contributed by atoms with Crippen molar-refractivity contribution in [3.8, 4) is 34.1 Å². The van der Waals surface area contributed by atoms with E-state index >= 15 is 0 Å². The summed E-state index contributed by atoms with van der Waals surface area (Å²) in [6.45, 7) is -0.482. The number of ether oxygens (including phenoxy) is 2. The molecule has 130 valence electrons. The van der Waals surface area contributed by atoms with E-state index in [1.54, 1.807) is 18.2 Å². The van der Waals surface area contributed by atoms with Crippen molar-refractivity contribution in [3.05, 3.63) is 53.6 Å². The van der Waals surface area contributed by atoms with Gasteiger partial charge in [-0.3, -0.25) is 0 Å². The van der Waals surface area contributed by atoms with Gasteiger partial charge in [-0.25, -0.2) is 8.78 Å². The minimum absolute atomic E-state index is 0.0422. The quantitative estimate of drug-likeness (QED) is 0.761. The number of para-hydroxylation sites is 1. The smallest absolute Gasteiger partial charge is 0.176 e. The summed E-state index contributed by atoms with van der Waals surface area (Å²) in [5, 5.41) is 13.7. The molecule has 1 heterocycles. The van der Waals surface area contributed by atoms with Crippen LogP contribution in [0.2, 0.25) is 0 Å². The molecular weight excluding hydrogens is 332 g/mol. The van der Waals surface area contributed by atoms with Gasteiger partial charge in [0.1, 0.15) is 5.69 Å². The lowest BCUT2D eigenvalue weighted by Gasteiger charge is -2.11. The number of aliphatic hydroxyl groups excluding tert-OH is 1. The minimum Gasteiger partial charge on any atom is -0.493 e. The second-order valence-corrected chi connectivity index (χ2v) is 5.14. The summed E-state index contributed by atoms with van der Waals surface area (Å²) >= 11 is 0. The standard InChI is InChI=1S/C18H15F2NO4/c1-23-14-8-4-6-11(18(14)24-2)16-12(9-22)17(25-21-16)10-5-3-7-13(19)15(10)20/h3-8,22H,9H2,1-2H3. The summed E-state index contributed by atoms with van der Waals surface area (Å²) in [5.41, 5.74) is 0.857. The van der Waals surface area contributed by atoms with E-state index in [0.29, 0.717) is 17.1 Å². The van der Waals surface area contributed by atoms with Gasteiger partial charge in [0.25, 0.3) is 0 Å². The molecule has 0 fully saturated rings. The fourth-order valence-electron chi connectivity index (χ4n) is 2.63. The Hall–Kier alpha value is -2.93. The molecule has 1 N–H and O–H groups in total. The molecule has 0 bridgehead atoms. The summed E-state index contributed by atoms with van der Waals surface area (Å²) in [6, 6.07) is 8.82. The maximum atomic E-state index is 14.1. The Bertz CT molecular complexity index is 908. The molecular formula is C18H15F2NO4. The van der Waals surface area contributed by atoms with Gasteiger partial charge in [0.2, 0.25) is 0 Å². The number of aliphatic hydroxyl groups is 1. The Morgan fingerprint density at radius 1 is 1.04 bits per heavy atom. The molecule has 7 heteroatoms. The average molecular weight is 347 g/mol. The molecule has 0 aliphatic heterocycles. The van der Waals surface area contributed by atoms with Crippen LogP contribution in [0.25, 0.3) is 22.6 Å². The van der Waals surface area contributed by atoms with E-state index in [9.17, 15) is 13.9 Å². The molecule has 1 aromatic heterocycles. The molecule has 0 saturated carbocycles. The molecule has 0 radical (unpaired) electrons. The third kappa shape index (κ3) is 2.83. The average Bonchev–Trinajstić information content (AvgIpc) is 3.06. The Balaban J connectivity index is 2.21. The first-order valence-electron chi connectivity index (χ1n) is 7.37. The van der Waals surface area contributed by atoms with Crippen molar-refractivity contribution in [2.45, 2.75) is 6.61 Å². The Morgan fingerprint density at radius 3 is 2.44 bits per heavy atom. The molecule has 25 heavy (non-hydrogen) atoms. The van der Waals surface area contributed by atoms with Gasteiger partial charge in [0.15, 0.2) is 28.9 Å². The van der Waals surface area contributed by atoms with Crippen molar-refractivity contribution in [2.75, 3.05) is 14.2 Å². The number of rotatable bonds is 5. The molecule has 3 aromatic rings. The number of hydrogen-bond acceptors (Lipinski definition) is 5. The van der Waals surface area contributed by atoms with Crippen molar-refractivity contribution in [3.63, 3.8) is 0 Å². The van der Waals surface area contributed by atoms with E-state index in [4.69, 9.17) is 14.0 Å². The van der Waals surface area contributed by atoms with Gasteiger partial charge < -0.3 is 19.1 Å². The third-order valence-corrected chi connectivity index (χ3v) is 3.80. The van der Waals surface area contributed by atoms with E-state index in [0.717, 1.165) is 6.07 Å². The minimum atomic E-state index is -1.07. The summed E-state index contributed by atoms with van der Waals surface area (Å²) in [7, 11) is 2.96.